The fourth-order valence-corrected chi connectivity index (χ4v) is 4.55. The normalized spacial score (nSPS) is 17.6. The molecule has 2 aliphatic heterocycles. The first-order valence-corrected chi connectivity index (χ1v) is 11.4. The molecule has 0 spiro atoms. The lowest BCUT2D eigenvalue weighted by Crippen LogP contribution is -2.42. The Morgan fingerprint density at radius 2 is 1.94 bits per heavy atom. The summed E-state index contributed by atoms with van der Waals surface area (Å²) in [6.45, 7) is 7.24. The van der Waals surface area contributed by atoms with Crippen molar-refractivity contribution in [2.45, 2.75) is 40.0 Å². The van der Waals surface area contributed by atoms with Crippen molar-refractivity contribution in [3.8, 4) is 0 Å². The molecule has 2 aliphatic rings. The first kappa shape index (κ1) is 22.8. The van der Waals surface area contributed by atoms with Gasteiger partial charge in [-0.15, -0.1) is 0 Å². The van der Waals surface area contributed by atoms with Crippen LogP contribution in [0.3, 0.4) is 0 Å². The molecular formula is C25H29FN4O3. The summed E-state index contributed by atoms with van der Waals surface area (Å²) in [4.78, 5) is 43.0. The van der Waals surface area contributed by atoms with Crippen molar-refractivity contribution in [3.05, 3.63) is 52.1 Å². The monoisotopic (exact) mass is 452 g/mol. The first-order valence-electron chi connectivity index (χ1n) is 11.4. The second kappa shape index (κ2) is 9.21. The van der Waals surface area contributed by atoms with Crippen molar-refractivity contribution in [1.29, 1.82) is 0 Å². The number of amides is 3. The molecular weight excluding hydrogens is 423 g/mol. The van der Waals surface area contributed by atoms with Gasteiger partial charge in [0.25, 0.3) is 11.8 Å². The largest absolute Gasteiger partial charge is 0.358 e. The number of aryl methyl sites for hydroxylation is 1. The van der Waals surface area contributed by atoms with E-state index in [4.69, 9.17) is 0 Å². The number of piperidine rings is 1. The highest BCUT2D eigenvalue weighted by molar-refractivity contribution is 6.34. The molecule has 3 amide bonds. The summed E-state index contributed by atoms with van der Waals surface area (Å²) in [5.41, 5.74) is 3.81. The van der Waals surface area contributed by atoms with Crippen LogP contribution in [0.15, 0.2) is 18.2 Å². The fraction of sp³-hybridized carbons (Fsp3) is 0.400. The molecule has 3 N–H and O–H groups in total. The zero-order valence-electron chi connectivity index (χ0n) is 19.2. The van der Waals surface area contributed by atoms with E-state index < -0.39 is 5.82 Å². The lowest BCUT2D eigenvalue weighted by atomic mass is 10.0. The van der Waals surface area contributed by atoms with Gasteiger partial charge >= 0.3 is 0 Å². The van der Waals surface area contributed by atoms with Crippen LogP contribution in [0.5, 0.6) is 0 Å². The van der Waals surface area contributed by atoms with Gasteiger partial charge in [-0.25, -0.2) is 4.39 Å². The van der Waals surface area contributed by atoms with Gasteiger partial charge in [0.05, 0.1) is 17.1 Å². The Morgan fingerprint density at radius 1 is 1.21 bits per heavy atom. The second-order valence-corrected chi connectivity index (χ2v) is 8.86. The summed E-state index contributed by atoms with van der Waals surface area (Å²) in [6.07, 6.45) is 4.85. The number of likely N-dealkylation sites (tertiary alicyclic amines) is 1. The minimum Gasteiger partial charge on any atom is -0.358 e. The van der Waals surface area contributed by atoms with E-state index >= 15 is 0 Å². The van der Waals surface area contributed by atoms with Crippen LogP contribution in [0.2, 0.25) is 0 Å². The van der Waals surface area contributed by atoms with E-state index in [0.29, 0.717) is 39.3 Å². The third kappa shape index (κ3) is 4.55. The summed E-state index contributed by atoms with van der Waals surface area (Å²) < 4.78 is 13.7. The Kier molecular flexibility index (Phi) is 6.35. The van der Waals surface area contributed by atoms with Gasteiger partial charge in [0.2, 0.25) is 5.91 Å². The van der Waals surface area contributed by atoms with Gasteiger partial charge in [0.1, 0.15) is 5.82 Å². The Labute approximate surface area is 192 Å². The molecule has 7 nitrogen and oxygen atoms in total. The molecule has 8 heteroatoms. The Hall–Kier alpha value is -3.42. The number of hydrogen-bond donors (Lipinski definition) is 3. The highest BCUT2D eigenvalue weighted by Gasteiger charge is 2.27. The zero-order chi connectivity index (χ0) is 23.7. The van der Waals surface area contributed by atoms with Crippen molar-refractivity contribution in [2.24, 2.45) is 5.92 Å². The van der Waals surface area contributed by atoms with E-state index in [9.17, 15) is 18.8 Å². The van der Waals surface area contributed by atoms with Gasteiger partial charge in [-0.2, -0.15) is 0 Å². The Morgan fingerprint density at radius 3 is 2.67 bits per heavy atom. The zero-order valence-corrected chi connectivity index (χ0v) is 19.2. The Balaban J connectivity index is 1.49. The third-order valence-corrected chi connectivity index (χ3v) is 6.41. The maximum absolute atomic E-state index is 13.7. The van der Waals surface area contributed by atoms with Crippen LogP contribution >= 0.6 is 0 Å². The minimum absolute atomic E-state index is 0.0704. The summed E-state index contributed by atoms with van der Waals surface area (Å²) >= 11 is 0. The average Bonchev–Trinajstić information content (AvgIpc) is 3.26. The number of hydrogen-bond acceptors (Lipinski definition) is 3. The molecule has 2 aromatic rings. The number of H-pyrrole nitrogens is 1. The van der Waals surface area contributed by atoms with E-state index in [-0.39, 0.29) is 30.2 Å². The summed E-state index contributed by atoms with van der Waals surface area (Å²) in [5, 5.41) is 5.61. The number of fused-ring (bicyclic) bond motifs is 1. The van der Waals surface area contributed by atoms with Crippen LogP contribution in [-0.4, -0.2) is 47.2 Å². The van der Waals surface area contributed by atoms with Gasteiger partial charge in [0.15, 0.2) is 0 Å². The Bertz CT molecular complexity index is 1140. The standard InChI is InChI=1S/C25H29FN4O3/c1-14(25(33)30-9-5-4-6-10-30)13-27-24(32)22-15(2)21(28-16(22)3)12-19-18-11-17(26)7-8-20(18)29-23(19)31/h7-8,11-12,14,28H,4-6,9-10,13H2,1-3H3,(H,27,32)(H,29,31)/b19-12-. The number of carbonyl (C=O) groups excluding carboxylic acids is 3. The average molecular weight is 453 g/mol. The number of carbonyl (C=O) groups is 3. The summed E-state index contributed by atoms with van der Waals surface area (Å²) in [6, 6.07) is 4.14. The van der Waals surface area contributed by atoms with Crippen LogP contribution in [0.1, 0.15) is 59.1 Å². The maximum Gasteiger partial charge on any atom is 0.256 e. The second-order valence-electron chi connectivity index (χ2n) is 8.86. The molecule has 1 atom stereocenters. The highest BCUT2D eigenvalue weighted by Crippen LogP contribution is 2.34. The summed E-state index contributed by atoms with van der Waals surface area (Å²) in [7, 11) is 0. The lowest BCUT2D eigenvalue weighted by molar-refractivity contribution is -0.135. The molecule has 1 aromatic heterocycles. The smallest absolute Gasteiger partial charge is 0.256 e. The van der Waals surface area contributed by atoms with E-state index in [2.05, 4.69) is 15.6 Å². The number of nitrogens with zero attached hydrogens (tertiary/aromatic N) is 1. The van der Waals surface area contributed by atoms with Crippen LogP contribution in [0.4, 0.5) is 10.1 Å². The number of anilines is 1. The minimum atomic E-state index is -0.427. The topological polar surface area (TPSA) is 94.3 Å². The third-order valence-electron chi connectivity index (χ3n) is 6.41. The van der Waals surface area contributed by atoms with Crippen LogP contribution in [-0.2, 0) is 9.59 Å². The molecule has 0 aliphatic carbocycles. The van der Waals surface area contributed by atoms with Crippen LogP contribution in [0.25, 0.3) is 11.6 Å². The molecule has 0 bridgehead atoms. The molecule has 1 fully saturated rings. The maximum atomic E-state index is 13.7. The fourth-order valence-electron chi connectivity index (χ4n) is 4.55. The number of benzene rings is 1. The van der Waals surface area contributed by atoms with Crippen molar-refractivity contribution in [3.63, 3.8) is 0 Å². The molecule has 1 aromatic carbocycles. The highest BCUT2D eigenvalue weighted by atomic mass is 19.1. The SMILES string of the molecule is Cc1[nH]c(/C=C2\C(=O)Nc3ccc(F)cc32)c(C)c1C(=O)NCC(C)C(=O)N1CCCCC1. The molecule has 0 radical (unpaired) electrons. The predicted molar refractivity (Wildman–Crippen MR) is 125 cm³/mol. The van der Waals surface area contributed by atoms with Crippen molar-refractivity contribution in [2.75, 3.05) is 25.0 Å². The van der Waals surface area contributed by atoms with Gasteiger partial charge in [-0.3, -0.25) is 14.4 Å². The molecule has 174 valence electrons. The van der Waals surface area contributed by atoms with Crippen LogP contribution < -0.4 is 10.6 Å². The molecule has 33 heavy (non-hydrogen) atoms. The van der Waals surface area contributed by atoms with Gasteiger partial charge in [-0.05, 0) is 62.9 Å². The van der Waals surface area contributed by atoms with E-state index in [0.717, 1.165) is 32.4 Å². The molecule has 4 rings (SSSR count). The van der Waals surface area contributed by atoms with Crippen molar-refractivity contribution >= 4 is 35.1 Å². The molecule has 1 unspecified atom stereocenters. The molecule has 1 saturated heterocycles. The molecule has 0 saturated carbocycles. The van der Waals surface area contributed by atoms with E-state index in [1.54, 1.807) is 19.9 Å². The van der Waals surface area contributed by atoms with Gasteiger partial charge in [-0.1, -0.05) is 6.92 Å². The van der Waals surface area contributed by atoms with Crippen molar-refractivity contribution < 1.29 is 18.8 Å². The summed E-state index contributed by atoms with van der Waals surface area (Å²) in [5.74, 6) is -1.25. The molecule has 3 heterocycles. The van der Waals surface area contributed by atoms with Crippen LogP contribution in [0, 0.1) is 25.6 Å². The van der Waals surface area contributed by atoms with Crippen molar-refractivity contribution in [1.82, 2.24) is 15.2 Å². The number of aromatic nitrogens is 1. The quantitative estimate of drug-likeness (QED) is 0.605. The lowest BCUT2D eigenvalue weighted by Gasteiger charge is -2.29. The number of nitrogens with one attached hydrogen (secondary N) is 3. The van der Waals surface area contributed by atoms with E-state index in [1.165, 1.54) is 18.2 Å². The predicted octanol–water partition coefficient (Wildman–Crippen LogP) is 3.64. The van der Waals surface area contributed by atoms with Gasteiger partial charge in [0, 0.05) is 42.3 Å². The van der Waals surface area contributed by atoms with E-state index in [1.807, 2.05) is 11.8 Å². The number of halogens is 1. The number of aromatic amines is 1. The first-order chi connectivity index (χ1) is 15.8. The number of rotatable bonds is 5. The van der Waals surface area contributed by atoms with Gasteiger partial charge < -0.3 is 20.5 Å².